The fourth-order valence-corrected chi connectivity index (χ4v) is 4.14. The zero-order valence-electron chi connectivity index (χ0n) is 16.1. The number of likely N-dealkylation sites (tertiary alicyclic amines) is 1. The summed E-state index contributed by atoms with van der Waals surface area (Å²) in [5.74, 6) is -0.545. The van der Waals surface area contributed by atoms with Crippen molar-refractivity contribution in [3.05, 3.63) is 34.0 Å². The van der Waals surface area contributed by atoms with E-state index in [-0.39, 0.29) is 5.91 Å². The van der Waals surface area contributed by atoms with Gasteiger partial charge in [-0.2, -0.15) is 13.2 Å². The van der Waals surface area contributed by atoms with Crippen molar-refractivity contribution in [3.63, 3.8) is 0 Å². The number of hydrogen-bond donors (Lipinski definition) is 1. The zero-order chi connectivity index (χ0) is 21.7. The van der Waals surface area contributed by atoms with Crippen molar-refractivity contribution in [1.29, 1.82) is 0 Å². The average Bonchev–Trinajstić information content (AvgIpc) is 3.37. The lowest BCUT2D eigenvalue weighted by molar-refractivity contribution is -0.192. The SMILES string of the molecule is O=C(O)C(F)(F)F.O=C1CCCN1Cc1nnc2n1CCCN(Cc1cccs1)C2. The lowest BCUT2D eigenvalue weighted by atomic mass is 10.3. The molecule has 2 aliphatic rings. The van der Waals surface area contributed by atoms with Gasteiger partial charge in [-0.05, 0) is 24.3 Å². The fourth-order valence-electron chi connectivity index (χ4n) is 3.40. The average molecular weight is 445 g/mol. The molecule has 4 heterocycles. The number of thiophene rings is 1. The van der Waals surface area contributed by atoms with Gasteiger partial charge in [0.05, 0.1) is 13.1 Å². The van der Waals surface area contributed by atoms with E-state index in [1.165, 1.54) is 4.88 Å². The van der Waals surface area contributed by atoms with Gasteiger partial charge in [0.2, 0.25) is 5.91 Å². The first kappa shape index (κ1) is 22.2. The molecule has 8 nitrogen and oxygen atoms in total. The third-order valence-electron chi connectivity index (χ3n) is 4.83. The molecule has 30 heavy (non-hydrogen) atoms. The minimum atomic E-state index is -5.08. The van der Waals surface area contributed by atoms with E-state index in [9.17, 15) is 18.0 Å². The predicted octanol–water partition coefficient (Wildman–Crippen LogP) is 2.50. The van der Waals surface area contributed by atoms with Crippen molar-refractivity contribution in [2.45, 2.75) is 51.6 Å². The molecule has 0 radical (unpaired) electrons. The Bertz CT molecular complexity index is 869. The van der Waals surface area contributed by atoms with Crippen molar-refractivity contribution < 1.29 is 27.9 Å². The van der Waals surface area contributed by atoms with Gasteiger partial charge in [0.15, 0.2) is 5.82 Å². The number of nitrogens with zero attached hydrogens (tertiary/aromatic N) is 5. The van der Waals surface area contributed by atoms with E-state index in [1.807, 2.05) is 4.90 Å². The molecule has 0 spiro atoms. The van der Waals surface area contributed by atoms with Crippen LogP contribution in [-0.4, -0.2) is 60.8 Å². The summed E-state index contributed by atoms with van der Waals surface area (Å²) in [4.78, 5) is 26.5. The number of hydrogen-bond acceptors (Lipinski definition) is 6. The normalized spacial score (nSPS) is 17.3. The Morgan fingerprint density at radius 3 is 2.53 bits per heavy atom. The first-order chi connectivity index (χ1) is 14.2. The van der Waals surface area contributed by atoms with E-state index in [2.05, 4.69) is 37.2 Å². The number of carboxylic acid groups (broad SMARTS) is 1. The van der Waals surface area contributed by atoms with Crippen LogP contribution in [0.3, 0.4) is 0 Å². The van der Waals surface area contributed by atoms with Gasteiger partial charge in [0, 0.05) is 37.5 Å². The molecule has 2 aliphatic heterocycles. The molecule has 12 heteroatoms. The largest absolute Gasteiger partial charge is 0.490 e. The number of carboxylic acids is 1. The summed E-state index contributed by atoms with van der Waals surface area (Å²) in [7, 11) is 0. The van der Waals surface area contributed by atoms with Crippen molar-refractivity contribution >= 4 is 23.2 Å². The Morgan fingerprint density at radius 2 is 1.93 bits per heavy atom. The third-order valence-corrected chi connectivity index (χ3v) is 5.69. The maximum Gasteiger partial charge on any atom is 0.490 e. The lowest BCUT2D eigenvalue weighted by Crippen LogP contribution is -2.26. The predicted molar refractivity (Wildman–Crippen MR) is 101 cm³/mol. The fraction of sp³-hybridized carbons (Fsp3) is 0.556. The standard InChI is InChI=1S/C16H21N5OS.C2HF3O2/c22-16-5-1-7-20(16)12-15-18-17-14-11-19(6-3-8-21(14)15)10-13-4-2-9-23-13;3-2(4,5)1(6)7/h2,4,9H,1,3,5-8,10-12H2;(H,6,7). The molecule has 1 N–H and O–H groups in total. The summed E-state index contributed by atoms with van der Waals surface area (Å²) < 4.78 is 34.0. The second-order valence-electron chi connectivity index (χ2n) is 7.05. The van der Waals surface area contributed by atoms with Crippen LogP contribution >= 0.6 is 11.3 Å². The minimum Gasteiger partial charge on any atom is -0.475 e. The van der Waals surface area contributed by atoms with Gasteiger partial charge in [0.1, 0.15) is 5.82 Å². The van der Waals surface area contributed by atoms with E-state index < -0.39 is 12.1 Å². The topological polar surface area (TPSA) is 91.6 Å². The Hall–Kier alpha value is -2.47. The van der Waals surface area contributed by atoms with Gasteiger partial charge in [-0.25, -0.2) is 4.79 Å². The molecule has 2 aromatic heterocycles. The third kappa shape index (κ3) is 5.79. The monoisotopic (exact) mass is 445 g/mol. The Morgan fingerprint density at radius 1 is 1.17 bits per heavy atom. The molecular formula is C18H22F3N5O3S. The van der Waals surface area contributed by atoms with Gasteiger partial charge in [-0.1, -0.05) is 6.07 Å². The van der Waals surface area contributed by atoms with Crippen LogP contribution in [0, 0.1) is 0 Å². The van der Waals surface area contributed by atoms with Gasteiger partial charge >= 0.3 is 12.1 Å². The van der Waals surface area contributed by atoms with Crippen molar-refractivity contribution in [1.82, 2.24) is 24.6 Å². The molecule has 1 saturated heterocycles. The molecule has 4 rings (SSSR count). The van der Waals surface area contributed by atoms with E-state index >= 15 is 0 Å². The van der Waals surface area contributed by atoms with Gasteiger partial charge < -0.3 is 14.6 Å². The maximum absolute atomic E-state index is 11.8. The summed E-state index contributed by atoms with van der Waals surface area (Å²) in [5, 5.41) is 18.0. The first-order valence-electron chi connectivity index (χ1n) is 9.47. The van der Waals surface area contributed by atoms with E-state index in [0.29, 0.717) is 13.0 Å². The number of halogens is 3. The Kier molecular flexibility index (Phi) is 7.08. The second-order valence-corrected chi connectivity index (χ2v) is 8.08. The van der Waals surface area contributed by atoms with Crippen LogP contribution in [0.4, 0.5) is 13.2 Å². The number of carbonyl (C=O) groups excluding carboxylic acids is 1. The summed E-state index contributed by atoms with van der Waals surface area (Å²) in [6, 6.07) is 4.29. The number of aromatic nitrogens is 3. The van der Waals surface area contributed by atoms with Crippen LogP contribution in [0.2, 0.25) is 0 Å². The van der Waals surface area contributed by atoms with Gasteiger partial charge in [0.25, 0.3) is 0 Å². The smallest absolute Gasteiger partial charge is 0.475 e. The van der Waals surface area contributed by atoms with Crippen LogP contribution in [0.5, 0.6) is 0 Å². The number of aliphatic carboxylic acids is 1. The highest BCUT2D eigenvalue weighted by atomic mass is 32.1. The lowest BCUT2D eigenvalue weighted by Gasteiger charge is -2.17. The van der Waals surface area contributed by atoms with Crippen LogP contribution in [0.25, 0.3) is 0 Å². The highest BCUT2D eigenvalue weighted by Crippen LogP contribution is 2.19. The molecular weight excluding hydrogens is 423 g/mol. The molecule has 0 bridgehead atoms. The van der Waals surface area contributed by atoms with Crippen molar-refractivity contribution in [3.8, 4) is 0 Å². The molecule has 0 atom stereocenters. The molecule has 0 aliphatic carbocycles. The van der Waals surface area contributed by atoms with Crippen LogP contribution in [-0.2, 0) is 35.8 Å². The summed E-state index contributed by atoms with van der Waals surface area (Å²) in [6.45, 7) is 5.29. The van der Waals surface area contributed by atoms with Gasteiger partial charge in [-0.3, -0.25) is 9.69 Å². The number of rotatable bonds is 4. The minimum absolute atomic E-state index is 0.246. The van der Waals surface area contributed by atoms with E-state index in [1.54, 1.807) is 11.3 Å². The summed E-state index contributed by atoms with van der Waals surface area (Å²) >= 11 is 1.80. The van der Waals surface area contributed by atoms with Crippen molar-refractivity contribution in [2.24, 2.45) is 0 Å². The van der Waals surface area contributed by atoms with Crippen LogP contribution in [0.1, 0.15) is 35.8 Å². The Balaban J connectivity index is 0.000000318. The van der Waals surface area contributed by atoms with E-state index in [0.717, 1.165) is 57.2 Å². The van der Waals surface area contributed by atoms with Crippen LogP contribution in [0.15, 0.2) is 17.5 Å². The summed E-state index contributed by atoms with van der Waals surface area (Å²) in [5.41, 5.74) is 0. The van der Waals surface area contributed by atoms with Gasteiger partial charge in [-0.15, -0.1) is 21.5 Å². The molecule has 0 unspecified atom stereocenters. The molecule has 0 aromatic carbocycles. The van der Waals surface area contributed by atoms with E-state index in [4.69, 9.17) is 9.90 Å². The number of amides is 1. The van der Waals surface area contributed by atoms with Crippen LogP contribution < -0.4 is 0 Å². The number of carbonyl (C=O) groups is 2. The second kappa shape index (κ2) is 9.56. The molecule has 1 amide bonds. The Labute approximate surface area is 174 Å². The zero-order valence-corrected chi connectivity index (χ0v) is 17.0. The molecule has 1 fully saturated rings. The molecule has 0 saturated carbocycles. The van der Waals surface area contributed by atoms with Crippen molar-refractivity contribution in [2.75, 3.05) is 13.1 Å². The highest BCUT2D eigenvalue weighted by Gasteiger charge is 2.38. The number of alkyl halides is 3. The molecule has 2 aromatic rings. The highest BCUT2D eigenvalue weighted by molar-refractivity contribution is 7.09. The first-order valence-corrected chi connectivity index (χ1v) is 10.4. The number of fused-ring (bicyclic) bond motifs is 1. The quantitative estimate of drug-likeness (QED) is 0.778. The molecule has 164 valence electrons. The maximum atomic E-state index is 11.8. The summed E-state index contributed by atoms with van der Waals surface area (Å²) in [6.07, 6.45) is -2.35.